The van der Waals surface area contributed by atoms with Crippen molar-refractivity contribution >= 4 is 61.3 Å². The molecule has 0 saturated heterocycles. The van der Waals surface area contributed by atoms with Crippen LogP contribution in [-0.2, 0) is 21.0 Å². The number of nitrogens with one attached hydrogen (secondary N) is 2. The molecule has 0 fully saturated rings. The molecular formula is C20H20Cl2N4O4S2. The van der Waals surface area contributed by atoms with E-state index in [4.69, 9.17) is 39.7 Å². The van der Waals surface area contributed by atoms with Gasteiger partial charge in [0.05, 0.1) is 22.0 Å². The summed E-state index contributed by atoms with van der Waals surface area (Å²) in [7, 11) is -6.09. The topological polar surface area (TPSA) is 137 Å². The van der Waals surface area contributed by atoms with Gasteiger partial charge in [0, 0.05) is 10.0 Å². The number of rotatable bonds is 7. The Morgan fingerprint density at radius 3 is 2.12 bits per heavy atom. The summed E-state index contributed by atoms with van der Waals surface area (Å²) < 4.78 is 44.4. The summed E-state index contributed by atoms with van der Waals surface area (Å²) >= 11 is 12.2. The molecule has 0 aliphatic heterocycles. The van der Waals surface area contributed by atoms with E-state index >= 15 is 0 Å². The number of benzene rings is 3. The zero-order valence-corrected chi connectivity index (χ0v) is 20.1. The van der Waals surface area contributed by atoms with Crippen LogP contribution in [0.5, 0.6) is 5.75 Å². The molecule has 1 atom stereocenters. The molecule has 0 heterocycles. The van der Waals surface area contributed by atoms with Gasteiger partial charge in [-0.3, -0.25) is 4.72 Å². The molecule has 0 saturated carbocycles. The van der Waals surface area contributed by atoms with Gasteiger partial charge in [-0.2, -0.15) is 5.90 Å². The van der Waals surface area contributed by atoms with E-state index in [0.717, 1.165) is 6.07 Å². The molecule has 6 N–H and O–H groups in total. The fourth-order valence-electron chi connectivity index (χ4n) is 2.81. The van der Waals surface area contributed by atoms with Crippen molar-refractivity contribution in [2.75, 3.05) is 15.2 Å². The second-order valence-electron chi connectivity index (χ2n) is 6.76. The van der Waals surface area contributed by atoms with Crippen molar-refractivity contribution in [2.45, 2.75) is 23.6 Å². The summed E-state index contributed by atoms with van der Waals surface area (Å²) in [5, 5.41) is 0.874. The summed E-state index contributed by atoms with van der Waals surface area (Å²) in [6.07, 6.45) is 0. The van der Waals surface area contributed by atoms with Gasteiger partial charge in [-0.15, -0.1) is 0 Å². The minimum Gasteiger partial charge on any atom is -0.408 e. The molecule has 12 heteroatoms. The highest BCUT2D eigenvalue weighted by atomic mass is 35.5. The second-order valence-corrected chi connectivity index (χ2v) is 10.4. The Morgan fingerprint density at radius 2 is 1.53 bits per heavy atom. The van der Waals surface area contributed by atoms with E-state index in [1.165, 1.54) is 6.07 Å². The molecule has 0 amide bonds. The van der Waals surface area contributed by atoms with Gasteiger partial charge in [0.2, 0.25) is 0 Å². The molecule has 0 bridgehead atoms. The Bertz CT molecular complexity index is 1320. The maximum atomic E-state index is 13.1. The Hall–Kier alpha value is -2.50. The number of anilines is 3. The zero-order valence-electron chi connectivity index (χ0n) is 17.0. The SMILES string of the molecule is Cc1c(Cl)cccc1NS(=O)c1cc(S(=O)(=O)Nc2cccc(Cl)c2C)cc(N)c1ON. The van der Waals surface area contributed by atoms with Gasteiger partial charge in [0.15, 0.2) is 16.7 Å². The van der Waals surface area contributed by atoms with E-state index < -0.39 is 21.0 Å². The standard InChI is InChI=1S/C20H20Cl2N4O4S2/c1-11-14(21)5-3-7-17(11)25-31(27)19-10-13(9-16(23)20(19)30-24)32(28,29)26-18-8-4-6-15(22)12(18)2/h3-10,25-26H,23-24H2,1-2H3. The Morgan fingerprint density at radius 1 is 0.969 bits per heavy atom. The van der Waals surface area contributed by atoms with Crippen molar-refractivity contribution in [2.24, 2.45) is 5.90 Å². The van der Waals surface area contributed by atoms with Gasteiger partial charge in [0.25, 0.3) is 10.0 Å². The number of nitrogens with two attached hydrogens (primary N) is 2. The van der Waals surface area contributed by atoms with Crippen molar-refractivity contribution in [1.82, 2.24) is 0 Å². The van der Waals surface area contributed by atoms with Gasteiger partial charge in [-0.1, -0.05) is 35.3 Å². The highest BCUT2D eigenvalue weighted by Crippen LogP contribution is 2.34. The first-order valence-electron chi connectivity index (χ1n) is 9.07. The summed E-state index contributed by atoms with van der Waals surface area (Å²) in [6, 6.07) is 12.2. The molecule has 0 aliphatic rings. The third-order valence-corrected chi connectivity index (χ3v) is 7.94. The molecule has 32 heavy (non-hydrogen) atoms. The molecule has 3 rings (SSSR count). The van der Waals surface area contributed by atoms with Crippen molar-refractivity contribution in [3.63, 3.8) is 0 Å². The van der Waals surface area contributed by atoms with Crippen molar-refractivity contribution in [3.05, 3.63) is 69.7 Å². The maximum Gasteiger partial charge on any atom is 0.262 e. The van der Waals surface area contributed by atoms with Crippen LogP contribution in [0.2, 0.25) is 10.0 Å². The lowest BCUT2D eigenvalue weighted by Gasteiger charge is -2.16. The van der Waals surface area contributed by atoms with Gasteiger partial charge < -0.3 is 15.3 Å². The Balaban J connectivity index is 2.03. The molecule has 0 radical (unpaired) electrons. The number of nitrogen functional groups attached to an aromatic ring is 1. The smallest absolute Gasteiger partial charge is 0.262 e. The summed E-state index contributed by atoms with van der Waals surface area (Å²) in [5.74, 6) is 5.20. The molecular weight excluding hydrogens is 495 g/mol. The maximum absolute atomic E-state index is 13.1. The third-order valence-electron chi connectivity index (χ3n) is 4.67. The lowest BCUT2D eigenvalue weighted by atomic mass is 10.2. The zero-order chi connectivity index (χ0) is 23.6. The lowest BCUT2D eigenvalue weighted by Crippen LogP contribution is -2.17. The second kappa shape index (κ2) is 9.55. The van der Waals surface area contributed by atoms with Gasteiger partial charge >= 0.3 is 0 Å². The summed E-state index contributed by atoms with van der Waals surface area (Å²) in [5.41, 5.74) is 7.85. The van der Waals surface area contributed by atoms with Crippen LogP contribution in [0.1, 0.15) is 11.1 Å². The predicted molar refractivity (Wildman–Crippen MR) is 129 cm³/mol. The van der Waals surface area contributed by atoms with Crippen LogP contribution in [0, 0.1) is 13.8 Å². The summed E-state index contributed by atoms with van der Waals surface area (Å²) in [4.78, 5) is 4.50. The van der Waals surface area contributed by atoms with E-state index in [-0.39, 0.29) is 21.2 Å². The van der Waals surface area contributed by atoms with Gasteiger partial charge in [-0.05, 0) is 61.4 Å². The predicted octanol–water partition coefficient (Wildman–Crippen LogP) is 4.38. The van der Waals surface area contributed by atoms with Gasteiger partial charge in [0.1, 0.15) is 4.90 Å². The van der Waals surface area contributed by atoms with Crippen molar-refractivity contribution in [3.8, 4) is 5.75 Å². The van der Waals surface area contributed by atoms with E-state index in [2.05, 4.69) is 9.44 Å². The molecule has 3 aromatic rings. The monoisotopic (exact) mass is 514 g/mol. The first-order valence-corrected chi connectivity index (χ1v) is 12.5. The largest absolute Gasteiger partial charge is 0.408 e. The third kappa shape index (κ3) is 4.94. The minimum absolute atomic E-state index is 0.0601. The van der Waals surface area contributed by atoms with E-state index in [1.54, 1.807) is 50.2 Å². The average molecular weight is 515 g/mol. The fraction of sp³-hybridized carbons (Fsp3) is 0.100. The Kier molecular flexibility index (Phi) is 7.21. The quantitative estimate of drug-likeness (QED) is 0.272. The van der Waals surface area contributed by atoms with Crippen LogP contribution < -0.4 is 25.9 Å². The molecule has 0 aliphatic carbocycles. The number of hydrogen-bond acceptors (Lipinski definition) is 6. The van der Waals surface area contributed by atoms with E-state index in [1.807, 2.05) is 0 Å². The number of sulfonamides is 1. The molecule has 0 aromatic heterocycles. The number of hydrogen-bond donors (Lipinski definition) is 4. The number of halogens is 2. The molecule has 0 spiro atoms. The molecule has 1 unspecified atom stereocenters. The first kappa shape index (κ1) is 24.1. The minimum atomic E-state index is -4.11. The Labute approximate surface area is 198 Å². The van der Waals surface area contributed by atoms with Crippen LogP contribution in [0.15, 0.2) is 58.3 Å². The van der Waals surface area contributed by atoms with Crippen LogP contribution in [-0.4, -0.2) is 12.6 Å². The highest BCUT2D eigenvalue weighted by Gasteiger charge is 2.24. The first-order chi connectivity index (χ1) is 15.0. The van der Waals surface area contributed by atoms with Crippen LogP contribution in [0.3, 0.4) is 0 Å². The van der Waals surface area contributed by atoms with Crippen LogP contribution in [0.25, 0.3) is 0 Å². The summed E-state index contributed by atoms with van der Waals surface area (Å²) in [6.45, 7) is 3.42. The molecule has 3 aromatic carbocycles. The normalized spacial score (nSPS) is 12.3. The van der Waals surface area contributed by atoms with Gasteiger partial charge in [-0.25, -0.2) is 12.6 Å². The highest BCUT2D eigenvalue weighted by molar-refractivity contribution is 7.92. The van der Waals surface area contributed by atoms with Crippen molar-refractivity contribution in [1.29, 1.82) is 0 Å². The van der Waals surface area contributed by atoms with Crippen molar-refractivity contribution < 1.29 is 17.5 Å². The average Bonchev–Trinajstić information content (AvgIpc) is 2.74. The van der Waals surface area contributed by atoms with Crippen LogP contribution in [0.4, 0.5) is 17.1 Å². The van der Waals surface area contributed by atoms with E-state index in [0.29, 0.717) is 32.5 Å². The van der Waals surface area contributed by atoms with E-state index in [9.17, 15) is 12.6 Å². The fourth-order valence-corrected chi connectivity index (χ4v) is 5.52. The van der Waals surface area contributed by atoms with Crippen LogP contribution >= 0.6 is 23.2 Å². The molecule has 8 nitrogen and oxygen atoms in total. The lowest BCUT2D eigenvalue weighted by molar-refractivity contribution is 0.327. The molecule has 170 valence electrons.